The van der Waals surface area contributed by atoms with Gasteiger partial charge in [0.05, 0.1) is 10.6 Å². The number of nitro benzene ring substituents is 1. The number of non-ortho nitro benzene ring substituents is 1. The summed E-state index contributed by atoms with van der Waals surface area (Å²) in [5.74, 6) is -0.369. The lowest BCUT2D eigenvalue weighted by Crippen LogP contribution is -2.41. The average Bonchev–Trinajstić information content (AvgIpc) is 2.61. The van der Waals surface area contributed by atoms with Crippen molar-refractivity contribution in [3.8, 4) is 0 Å². The van der Waals surface area contributed by atoms with Gasteiger partial charge in [-0.1, -0.05) is 48.5 Å². The van der Waals surface area contributed by atoms with Gasteiger partial charge in [-0.2, -0.15) is 0 Å². The first-order valence-electron chi connectivity index (χ1n) is 7.97. The van der Waals surface area contributed by atoms with E-state index in [0.717, 1.165) is 11.1 Å². The summed E-state index contributed by atoms with van der Waals surface area (Å²) in [5, 5.41) is 21.3. The molecule has 1 aliphatic rings. The Kier molecular flexibility index (Phi) is 4.63. The van der Waals surface area contributed by atoms with E-state index in [1.165, 1.54) is 24.0 Å². The Morgan fingerprint density at radius 3 is 2.36 bits per heavy atom. The quantitative estimate of drug-likeness (QED) is 0.687. The fourth-order valence-corrected chi connectivity index (χ4v) is 3.13. The van der Waals surface area contributed by atoms with Gasteiger partial charge in [0.15, 0.2) is 0 Å². The Morgan fingerprint density at radius 1 is 1.16 bits per heavy atom. The molecule has 1 aliphatic heterocycles. The highest BCUT2D eigenvalue weighted by Crippen LogP contribution is 2.36. The Bertz CT molecular complexity index is 815. The van der Waals surface area contributed by atoms with Crippen LogP contribution in [0.5, 0.6) is 0 Å². The van der Waals surface area contributed by atoms with Gasteiger partial charge in [0.25, 0.3) is 5.69 Å². The number of rotatable bonds is 3. The largest absolute Gasteiger partial charge is 0.373 e. The van der Waals surface area contributed by atoms with Crippen LogP contribution < -0.4 is 0 Å². The van der Waals surface area contributed by atoms with Crippen LogP contribution in [-0.4, -0.2) is 27.1 Å². The first-order chi connectivity index (χ1) is 12.0. The van der Waals surface area contributed by atoms with Crippen molar-refractivity contribution in [2.45, 2.75) is 25.5 Å². The lowest BCUT2D eigenvalue weighted by molar-refractivity contribution is -0.384. The third-order valence-electron chi connectivity index (χ3n) is 4.32. The van der Waals surface area contributed by atoms with Crippen LogP contribution in [0.3, 0.4) is 0 Å². The van der Waals surface area contributed by atoms with Crippen molar-refractivity contribution < 1.29 is 14.8 Å². The number of benzene rings is 2. The number of nitrogens with zero attached hydrogens (tertiary/aromatic N) is 2. The first-order valence-corrected chi connectivity index (χ1v) is 7.97. The molecular formula is C19H18N2O4. The van der Waals surface area contributed by atoms with Crippen LogP contribution in [0.4, 0.5) is 5.69 Å². The van der Waals surface area contributed by atoms with Crippen molar-refractivity contribution in [2.75, 3.05) is 0 Å². The first kappa shape index (κ1) is 16.9. The molecule has 1 N–H and O–H groups in total. The molecule has 1 unspecified atom stereocenters. The van der Waals surface area contributed by atoms with E-state index in [9.17, 15) is 20.0 Å². The van der Waals surface area contributed by atoms with Gasteiger partial charge in [-0.05, 0) is 11.1 Å². The number of aliphatic hydroxyl groups excluding tert-OH is 1. The van der Waals surface area contributed by atoms with Crippen LogP contribution in [0.1, 0.15) is 30.4 Å². The molecule has 1 heterocycles. The van der Waals surface area contributed by atoms with E-state index in [0.29, 0.717) is 12.1 Å². The van der Waals surface area contributed by atoms with Crippen molar-refractivity contribution >= 4 is 17.3 Å². The van der Waals surface area contributed by atoms with Crippen molar-refractivity contribution in [1.29, 1.82) is 0 Å². The predicted molar refractivity (Wildman–Crippen MR) is 93.4 cm³/mol. The van der Waals surface area contributed by atoms with Crippen LogP contribution in [-0.2, 0) is 4.79 Å². The topological polar surface area (TPSA) is 83.7 Å². The highest BCUT2D eigenvalue weighted by Gasteiger charge is 2.31. The number of carbonyl (C=O) groups is 1. The molecule has 0 saturated heterocycles. The Hall–Kier alpha value is -2.99. The van der Waals surface area contributed by atoms with Crippen molar-refractivity contribution in [3.63, 3.8) is 0 Å². The summed E-state index contributed by atoms with van der Waals surface area (Å²) in [6.45, 7) is 1.42. The highest BCUT2D eigenvalue weighted by atomic mass is 16.6. The summed E-state index contributed by atoms with van der Waals surface area (Å²) in [7, 11) is 0. The molecule has 2 aromatic carbocycles. The number of hydrogen-bond donors (Lipinski definition) is 1. The molecule has 128 valence electrons. The predicted octanol–water partition coefficient (Wildman–Crippen LogP) is 3.29. The summed E-state index contributed by atoms with van der Waals surface area (Å²) in [6.07, 6.45) is 1.33. The molecule has 6 nitrogen and oxygen atoms in total. The average molecular weight is 338 g/mol. The minimum atomic E-state index is -0.946. The van der Waals surface area contributed by atoms with Gasteiger partial charge in [0.2, 0.25) is 5.91 Å². The van der Waals surface area contributed by atoms with Gasteiger partial charge in [-0.3, -0.25) is 19.8 Å². The zero-order valence-corrected chi connectivity index (χ0v) is 13.7. The molecule has 0 spiro atoms. The molecule has 0 radical (unpaired) electrons. The van der Waals surface area contributed by atoms with Crippen LogP contribution in [0.15, 0.2) is 60.7 Å². The normalized spacial score (nSPS) is 20.1. The van der Waals surface area contributed by atoms with Crippen LogP contribution in [0.25, 0.3) is 5.70 Å². The van der Waals surface area contributed by atoms with Gasteiger partial charge in [0, 0.05) is 31.4 Å². The van der Waals surface area contributed by atoms with Gasteiger partial charge in [-0.15, -0.1) is 0 Å². The molecule has 2 aromatic rings. The third-order valence-corrected chi connectivity index (χ3v) is 4.32. The van der Waals surface area contributed by atoms with E-state index in [-0.39, 0.29) is 17.5 Å². The maximum atomic E-state index is 12.0. The fraction of sp³-hybridized carbons (Fsp3) is 0.211. The molecule has 0 saturated carbocycles. The molecular weight excluding hydrogens is 320 g/mol. The standard InChI is InChI=1S/C19H18N2O4/c1-13(22)20-18(15-5-3-2-4-6-15)11-16(12-19(20)23)14-7-9-17(10-8-14)21(24)25/h2-11,16,19,23H,12H2,1H3/t16-,19?/m0/s1. The van der Waals surface area contributed by atoms with Crippen molar-refractivity contribution in [1.82, 2.24) is 4.90 Å². The summed E-state index contributed by atoms with van der Waals surface area (Å²) >= 11 is 0. The molecule has 6 heteroatoms. The Morgan fingerprint density at radius 2 is 1.80 bits per heavy atom. The van der Waals surface area contributed by atoms with E-state index in [1.54, 1.807) is 12.1 Å². The Labute approximate surface area is 145 Å². The maximum Gasteiger partial charge on any atom is 0.269 e. The lowest BCUT2D eigenvalue weighted by Gasteiger charge is -2.36. The summed E-state index contributed by atoms with van der Waals surface area (Å²) in [6, 6.07) is 15.7. The zero-order valence-electron chi connectivity index (χ0n) is 13.7. The van der Waals surface area contributed by atoms with Gasteiger partial charge in [0.1, 0.15) is 6.23 Å². The number of aliphatic hydroxyl groups is 1. The van der Waals surface area contributed by atoms with E-state index in [4.69, 9.17) is 0 Å². The highest BCUT2D eigenvalue weighted by molar-refractivity contribution is 5.86. The second-order valence-corrected chi connectivity index (χ2v) is 5.98. The second-order valence-electron chi connectivity index (χ2n) is 5.98. The minimum absolute atomic E-state index is 0.0257. The van der Waals surface area contributed by atoms with Gasteiger partial charge in [-0.25, -0.2) is 0 Å². The van der Waals surface area contributed by atoms with E-state index < -0.39 is 11.2 Å². The molecule has 0 fully saturated rings. The molecule has 1 amide bonds. The molecule has 0 bridgehead atoms. The van der Waals surface area contributed by atoms with E-state index in [1.807, 2.05) is 36.4 Å². The zero-order chi connectivity index (χ0) is 18.0. The molecule has 2 atom stereocenters. The smallest absolute Gasteiger partial charge is 0.269 e. The van der Waals surface area contributed by atoms with Gasteiger partial charge < -0.3 is 5.11 Å². The second kappa shape index (κ2) is 6.86. The van der Waals surface area contributed by atoms with E-state index >= 15 is 0 Å². The van der Waals surface area contributed by atoms with E-state index in [2.05, 4.69) is 0 Å². The summed E-state index contributed by atoms with van der Waals surface area (Å²) in [4.78, 5) is 23.8. The minimum Gasteiger partial charge on any atom is -0.373 e. The number of allylic oxidation sites excluding steroid dienone is 1. The van der Waals surface area contributed by atoms with Crippen LogP contribution in [0, 0.1) is 10.1 Å². The lowest BCUT2D eigenvalue weighted by atomic mass is 9.88. The van der Waals surface area contributed by atoms with Gasteiger partial charge >= 0.3 is 0 Å². The molecule has 0 aromatic heterocycles. The van der Waals surface area contributed by atoms with Crippen LogP contribution >= 0.6 is 0 Å². The fourth-order valence-electron chi connectivity index (χ4n) is 3.13. The number of carbonyl (C=O) groups excluding carboxylic acids is 1. The van der Waals surface area contributed by atoms with Crippen molar-refractivity contribution in [3.05, 3.63) is 81.9 Å². The molecule has 3 rings (SSSR count). The summed E-state index contributed by atoms with van der Waals surface area (Å²) in [5.41, 5.74) is 2.37. The number of amides is 1. The molecule has 25 heavy (non-hydrogen) atoms. The monoisotopic (exact) mass is 338 g/mol. The number of nitro groups is 1. The van der Waals surface area contributed by atoms with Crippen molar-refractivity contribution in [2.24, 2.45) is 0 Å². The Balaban J connectivity index is 2.02. The summed E-state index contributed by atoms with van der Waals surface area (Å²) < 4.78 is 0. The third kappa shape index (κ3) is 3.44. The van der Waals surface area contributed by atoms with Crippen LogP contribution in [0.2, 0.25) is 0 Å². The molecule has 0 aliphatic carbocycles. The maximum absolute atomic E-state index is 12.0. The number of hydrogen-bond acceptors (Lipinski definition) is 4. The SMILES string of the molecule is CC(=O)N1C(c2ccccc2)=C[C@H](c2ccc([N+](=O)[O-])cc2)CC1O.